The summed E-state index contributed by atoms with van der Waals surface area (Å²) in [6, 6.07) is 6.96. The van der Waals surface area contributed by atoms with Crippen LogP contribution in [0.5, 0.6) is 5.75 Å². The van der Waals surface area contributed by atoms with Gasteiger partial charge in [0.1, 0.15) is 11.6 Å². The molecule has 2 aromatic carbocycles. The molecule has 0 aliphatic carbocycles. The number of pyridine rings is 2. The van der Waals surface area contributed by atoms with Crippen LogP contribution in [0, 0.1) is 12.7 Å². The number of nitrogens with zero attached hydrogens (tertiary/aromatic N) is 8. The van der Waals surface area contributed by atoms with Gasteiger partial charge in [0.25, 0.3) is 0 Å². The molecule has 0 spiro atoms. The Kier molecular flexibility index (Phi) is 10.2. The van der Waals surface area contributed by atoms with Gasteiger partial charge in [0.2, 0.25) is 0 Å². The number of aryl methyl sites for hydroxylation is 1. The third-order valence-electron chi connectivity index (χ3n) is 12.6. The van der Waals surface area contributed by atoms with Crippen molar-refractivity contribution in [2.75, 3.05) is 46.6 Å². The van der Waals surface area contributed by atoms with Crippen molar-refractivity contribution in [1.29, 1.82) is 0 Å². The number of rotatable bonds is 10. The molecule has 10 heterocycles. The van der Waals surface area contributed by atoms with E-state index in [1.54, 1.807) is 32.3 Å². The molecule has 3 N–H and O–H groups in total. The van der Waals surface area contributed by atoms with E-state index < -0.39 is 59.1 Å². The SMILES string of the molecule is Cc1nnc(N[C@H](C)c2cc(O)c(Cc3nnc(N[C@H](C)c4cccc(C(F)(F)F)c4F)c4cc(N5CC6CC(C5)O6)cnc34)c(C(F)(F)F)c2)c2cc(N3CC4CC(C3)O4)cnc12. The van der Waals surface area contributed by atoms with Gasteiger partial charge in [-0.25, -0.2) is 4.39 Å². The fourth-order valence-electron chi connectivity index (χ4n) is 9.24. The Morgan fingerprint density at radius 3 is 1.83 bits per heavy atom. The van der Waals surface area contributed by atoms with E-state index in [0.717, 1.165) is 30.7 Å². The van der Waals surface area contributed by atoms with Crippen molar-refractivity contribution < 1.29 is 45.3 Å². The molecular formula is C44H41F7N10O3. The second-order valence-corrected chi connectivity index (χ2v) is 17.0. The summed E-state index contributed by atoms with van der Waals surface area (Å²) < 4.78 is 113. The fourth-order valence-corrected chi connectivity index (χ4v) is 9.24. The van der Waals surface area contributed by atoms with Crippen LogP contribution in [0.4, 0.5) is 53.7 Å². The molecule has 6 aliphatic rings. The Labute approximate surface area is 361 Å². The maximum atomic E-state index is 15.3. The molecule has 6 aromatic rings. The number of phenolic OH excluding ortho intramolecular Hbond substituents is 1. The fraction of sp³-hybridized carbons (Fsp3) is 0.409. The molecule has 13 nitrogen and oxygen atoms in total. The number of benzene rings is 2. The van der Waals surface area contributed by atoms with Crippen LogP contribution >= 0.6 is 0 Å². The van der Waals surface area contributed by atoms with Crippen LogP contribution in [0.2, 0.25) is 0 Å². The Morgan fingerprint density at radius 2 is 1.25 bits per heavy atom. The lowest BCUT2D eigenvalue weighted by molar-refractivity contribution is -0.140. The van der Waals surface area contributed by atoms with Crippen molar-refractivity contribution >= 4 is 44.8 Å². The molecule has 12 rings (SSSR count). The first-order valence-corrected chi connectivity index (χ1v) is 20.9. The number of halogens is 7. The van der Waals surface area contributed by atoms with Gasteiger partial charge in [-0.15, -0.1) is 10.2 Å². The van der Waals surface area contributed by atoms with E-state index in [0.29, 0.717) is 60.3 Å². The number of aromatic nitrogens is 6. The van der Waals surface area contributed by atoms with Gasteiger partial charge >= 0.3 is 12.4 Å². The number of aromatic hydroxyl groups is 1. The van der Waals surface area contributed by atoms with E-state index in [2.05, 4.69) is 45.9 Å². The van der Waals surface area contributed by atoms with E-state index in [9.17, 15) is 18.3 Å². The van der Waals surface area contributed by atoms with E-state index >= 15 is 17.6 Å². The van der Waals surface area contributed by atoms with Crippen LogP contribution in [0.3, 0.4) is 0 Å². The second kappa shape index (κ2) is 15.5. The molecule has 64 heavy (non-hydrogen) atoms. The predicted molar refractivity (Wildman–Crippen MR) is 222 cm³/mol. The first-order chi connectivity index (χ1) is 30.5. The third kappa shape index (κ3) is 7.69. The highest BCUT2D eigenvalue weighted by Crippen LogP contribution is 2.42. The number of fused-ring (bicyclic) bond motifs is 6. The highest BCUT2D eigenvalue weighted by atomic mass is 19.4. The summed E-state index contributed by atoms with van der Waals surface area (Å²) in [5.74, 6) is -1.78. The van der Waals surface area contributed by atoms with Gasteiger partial charge < -0.3 is 35.0 Å². The number of hydrogen-bond acceptors (Lipinski definition) is 13. The molecule has 6 saturated heterocycles. The lowest BCUT2D eigenvalue weighted by atomic mass is 9.95. The largest absolute Gasteiger partial charge is 0.508 e. The van der Waals surface area contributed by atoms with E-state index in [4.69, 9.17) is 9.47 Å². The molecule has 4 bridgehead atoms. The van der Waals surface area contributed by atoms with Crippen molar-refractivity contribution in [1.82, 2.24) is 30.4 Å². The summed E-state index contributed by atoms with van der Waals surface area (Å²) in [4.78, 5) is 13.5. The van der Waals surface area contributed by atoms with Crippen LogP contribution in [0.15, 0.2) is 54.9 Å². The van der Waals surface area contributed by atoms with Gasteiger partial charge in [0.15, 0.2) is 11.6 Å². The van der Waals surface area contributed by atoms with Crippen LogP contribution in [0.1, 0.15) is 78.0 Å². The maximum Gasteiger partial charge on any atom is 0.419 e. The smallest absolute Gasteiger partial charge is 0.419 e. The first-order valence-electron chi connectivity index (χ1n) is 20.9. The molecule has 0 saturated carbocycles. The second-order valence-electron chi connectivity index (χ2n) is 17.0. The van der Waals surface area contributed by atoms with Crippen LogP contribution < -0.4 is 20.4 Å². The van der Waals surface area contributed by atoms with Gasteiger partial charge in [0, 0.05) is 67.3 Å². The molecule has 6 fully saturated rings. The molecule has 20 heteroatoms. The van der Waals surface area contributed by atoms with Gasteiger partial charge in [-0.05, 0) is 56.7 Å². The van der Waals surface area contributed by atoms with Crippen LogP contribution in [-0.2, 0) is 28.2 Å². The molecule has 334 valence electrons. The molecule has 0 amide bonds. The lowest BCUT2D eigenvalue weighted by Gasteiger charge is -2.47. The van der Waals surface area contributed by atoms with Gasteiger partial charge in [-0.3, -0.25) is 9.97 Å². The van der Waals surface area contributed by atoms with Crippen molar-refractivity contribution in [3.05, 3.63) is 99.9 Å². The minimum Gasteiger partial charge on any atom is -0.508 e. The van der Waals surface area contributed by atoms with Crippen molar-refractivity contribution in [2.24, 2.45) is 0 Å². The molecule has 6 aliphatic heterocycles. The number of hydrogen-bond donors (Lipinski definition) is 3. The molecular weight excluding hydrogens is 850 g/mol. The lowest BCUT2D eigenvalue weighted by Crippen LogP contribution is -2.57. The third-order valence-corrected chi connectivity index (χ3v) is 12.6. The minimum atomic E-state index is -4.93. The number of morpholine rings is 2. The highest BCUT2D eigenvalue weighted by Gasteiger charge is 2.41. The highest BCUT2D eigenvalue weighted by molar-refractivity contribution is 5.93. The Balaban J connectivity index is 0.978. The topological polar surface area (TPSA) is 147 Å². The monoisotopic (exact) mass is 890 g/mol. The predicted octanol–water partition coefficient (Wildman–Crippen LogP) is 8.45. The quantitative estimate of drug-likeness (QED) is 0.113. The van der Waals surface area contributed by atoms with Gasteiger partial charge in [0.05, 0.1) is 93.8 Å². The van der Waals surface area contributed by atoms with Crippen LogP contribution in [-0.4, -0.2) is 86.1 Å². The number of phenols is 1. The zero-order chi connectivity index (χ0) is 44.8. The molecule has 4 unspecified atom stereocenters. The van der Waals surface area contributed by atoms with Crippen molar-refractivity contribution in [2.45, 2.75) is 88.9 Å². The maximum absolute atomic E-state index is 15.3. The standard InChI is InChI=1S/C44H41F7N10O3/c1-20(54-41-32-9-24(14-52-39(32)22(3)56-58-41)60-16-26-11-27(17-60)63-26)23-7-35(44(49,50)51)31(37(62)8-23)13-36-40-33(10-25(15-53-40)61-18-28-12-29(19-61)64-28)42(59-57-36)55-21(2)30-5-4-6-34(38(30)45)43(46,47)48/h4-10,14-15,20-21,26-29,62H,11-13,16-19H2,1-3H3,(H,54,58)(H,55,59)/t20-,21-,26?,27?,28?,29?/m1/s1. The number of alkyl halides is 6. The Morgan fingerprint density at radius 1 is 0.719 bits per heavy atom. The summed E-state index contributed by atoms with van der Waals surface area (Å²) in [5.41, 5.74) is -0.434. The zero-order valence-corrected chi connectivity index (χ0v) is 34.6. The summed E-state index contributed by atoms with van der Waals surface area (Å²) in [7, 11) is 0. The summed E-state index contributed by atoms with van der Waals surface area (Å²) in [6.07, 6.45) is -4.83. The Hall–Kier alpha value is -6.15. The molecule has 0 radical (unpaired) electrons. The van der Waals surface area contributed by atoms with E-state index in [1.165, 1.54) is 19.1 Å². The number of ether oxygens (including phenoxy) is 2. The minimum absolute atomic E-state index is 0.0157. The van der Waals surface area contributed by atoms with Crippen molar-refractivity contribution in [3.8, 4) is 5.75 Å². The van der Waals surface area contributed by atoms with Gasteiger partial charge in [-0.2, -0.15) is 36.5 Å². The Bertz CT molecular complexity index is 2780. The first kappa shape index (κ1) is 41.8. The van der Waals surface area contributed by atoms with Crippen LogP contribution in [0.25, 0.3) is 21.8 Å². The normalized spacial score (nSPS) is 21.7. The number of anilines is 4. The van der Waals surface area contributed by atoms with E-state index in [1.807, 2.05) is 11.0 Å². The summed E-state index contributed by atoms with van der Waals surface area (Å²) >= 11 is 0. The zero-order valence-electron chi connectivity index (χ0n) is 34.6. The van der Waals surface area contributed by atoms with E-state index in [-0.39, 0.29) is 58.0 Å². The molecule has 4 aromatic heterocycles. The van der Waals surface area contributed by atoms with Gasteiger partial charge in [-0.1, -0.05) is 12.1 Å². The number of piperidine rings is 2. The average molecular weight is 891 g/mol. The summed E-state index contributed by atoms with van der Waals surface area (Å²) in [5, 5.41) is 35.6. The number of nitrogens with one attached hydrogen (secondary N) is 2. The molecule has 6 atom stereocenters. The summed E-state index contributed by atoms with van der Waals surface area (Å²) in [6.45, 7) is 7.41. The average Bonchev–Trinajstić information content (AvgIpc) is 3.24. The van der Waals surface area contributed by atoms with Crippen molar-refractivity contribution in [3.63, 3.8) is 0 Å².